The van der Waals surface area contributed by atoms with Crippen LogP contribution in [0.15, 0.2) is 59.3 Å². The van der Waals surface area contributed by atoms with Crippen LogP contribution in [0.1, 0.15) is 25.0 Å². The first-order valence-electron chi connectivity index (χ1n) is 8.23. The molecule has 0 aliphatic carbocycles. The van der Waals surface area contributed by atoms with Gasteiger partial charge in [0.15, 0.2) is 5.43 Å². The van der Waals surface area contributed by atoms with Gasteiger partial charge >= 0.3 is 0 Å². The number of pyridine rings is 1. The second kappa shape index (κ2) is 6.85. The van der Waals surface area contributed by atoms with E-state index < -0.39 is 0 Å². The van der Waals surface area contributed by atoms with Crippen LogP contribution in [-0.4, -0.2) is 14.8 Å². The molecule has 0 saturated heterocycles. The molecule has 0 amide bonds. The average Bonchev–Trinajstić information content (AvgIpc) is 3.02. The van der Waals surface area contributed by atoms with Crippen molar-refractivity contribution in [2.45, 2.75) is 20.8 Å². The van der Waals surface area contributed by atoms with Crippen molar-refractivity contribution in [1.82, 2.24) is 14.8 Å². The molecular formula is C21H21N3O. The number of hydrogen-bond acceptors (Lipinski definition) is 3. The summed E-state index contributed by atoms with van der Waals surface area (Å²) in [5, 5.41) is 4.81. The Balaban J connectivity index is 2.19. The Morgan fingerprint density at radius 1 is 1.20 bits per heavy atom. The van der Waals surface area contributed by atoms with E-state index in [0.29, 0.717) is 10.9 Å². The quantitative estimate of drug-likeness (QED) is 0.673. The van der Waals surface area contributed by atoms with E-state index >= 15 is 0 Å². The number of aryl methyl sites for hydroxylation is 1. The molecular weight excluding hydrogens is 310 g/mol. The third kappa shape index (κ3) is 3.43. The first-order chi connectivity index (χ1) is 12.0. The minimum absolute atomic E-state index is 0.0102. The summed E-state index contributed by atoms with van der Waals surface area (Å²) in [5.41, 5.74) is 5.33. The Morgan fingerprint density at radius 2 is 2.00 bits per heavy atom. The van der Waals surface area contributed by atoms with Crippen LogP contribution in [0.3, 0.4) is 0 Å². The van der Waals surface area contributed by atoms with Gasteiger partial charge in [0.1, 0.15) is 0 Å². The molecule has 0 spiro atoms. The second-order valence-corrected chi connectivity index (χ2v) is 6.17. The Hall–Kier alpha value is -3.01. The molecule has 0 radical (unpaired) electrons. The van der Waals surface area contributed by atoms with E-state index in [1.165, 1.54) is 0 Å². The molecule has 0 fully saturated rings. The highest BCUT2D eigenvalue weighted by Gasteiger charge is 2.08. The van der Waals surface area contributed by atoms with E-state index in [1.807, 2.05) is 70.4 Å². The highest BCUT2D eigenvalue weighted by atomic mass is 16.1. The number of nitrogens with zero attached hydrogens (tertiary/aromatic N) is 3. The lowest BCUT2D eigenvalue weighted by atomic mass is 10.1. The Bertz CT molecular complexity index is 1060. The zero-order chi connectivity index (χ0) is 18.0. The van der Waals surface area contributed by atoms with E-state index in [9.17, 15) is 4.79 Å². The Labute approximate surface area is 147 Å². The van der Waals surface area contributed by atoms with Gasteiger partial charge in [0.05, 0.1) is 11.7 Å². The van der Waals surface area contributed by atoms with E-state index in [-0.39, 0.29) is 5.43 Å². The summed E-state index contributed by atoms with van der Waals surface area (Å²) < 4.78 is 1.74. The molecule has 2 aromatic heterocycles. The maximum Gasteiger partial charge on any atom is 0.191 e. The van der Waals surface area contributed by atoms with Crippen molar-refractivity contribution in [3.8, 4) is 11.1 Å². The minimum atomic E-state index is 0.0102. The van der Waals surface area contributed by atoms with Crippen LogP contribution >= 0.6 is 0 Å². The zero-order valence-electron chi connectivity index (χ0n) is 14.9. The lowest BCUT2D eigenvalue weighted by Crippen LogP contribution is -2.04. The number of aromatic nitrogens is 3. The van der Waals surface area contributed by atoms with E-state index in [4.69, 9.17) is 0 Å². The molecule has 0 saturated carbocycles. The van der Waals surface area contributed by atoms with Crippen molar-refractivity contribution >= 4 is 17.0 Å². The van der Waals surface area contributed by atoms with Crippen LogP contribution < -0.4 is 5.43 Å². The number of hydrogen-bond donors (Lipinski definition) is 0. The first kappa shape index (κ1) is 16.8. The maximum absolute atomic E-state index is 12.9. The van der Waals surface area contributed by atoms with E-state index in [0.717, 1.165) is 27.8 Å². The largest absolute Gasteiger partial charge is 0.289 e. The molecule has 4 nitrogen and oxygen atoms in total. The summed E-state index contributed by atoms with van der Waals surface area (Å²) in [4.78, 5) is 17.4. The smallest absolute Gasteiger partial charge is 0.191 e. The van der Waals surface area contributed by atoms with Gasteiger partial charge in [-0.1, -0.05) is 29.9 Å². The summed E-state index contributed by atoms with van der Waals surface area (Å²) in [6.45, 7) is 5.89. The second-order valence-electron chi connectivity index (χ2n) is 6.17. The van der Waals surface area contributed by atoms with Crippen molar-refractivity contribution in [2.24, 2.45) is 7.05 Å². The van der Waals surface area contributed by atoms with Crippen LogP contribution in [0.4, 0.5) is 0 Å². The summed E-state index contributed by atoms with van der Waals surface area (Å²) in [6, 6.07) is 5.76. The average molecular weight is 331 g/mol. The molecule has 0 bridgehead atoms. The van der Waals surface area contributed by atoms with Crippen molar-refractivity contribution in [3.05, 3.63) is 75.9 Å². The van der Waals surface area contributed by atoms with Gasteiger partial charge in [-0.2, -0.15) is 5.10 Å². The van der Waals surface area contributed by atoms with Crippen molar-refractivity contribution < 1.29 is 0 Å². The third-order valence-corrected chi connectivity index (χ3v) is 4.38. The standard InChI is InChI=1S/C21H21N3O/c1-5-14(2)6-7-16-8-9-20-19(21(25)15(16)3)10-17(11-22-20)18-12-23-24(4)13-18/h5-13H,1-4H3/b7-6-,14-5-. The molecule has 3 aromatic rings. The number of allylic oxidation sites excluding steroid dienone is 3. The monoisotopic (exact) mass is 331 g/mol. The molecule has 3 rings (SSSR count). The van der Waals surface area contributed by atoms with Crippen LogP contribution in [0.2, 0.25) is 0 Å². The zero-order valence-corrected chi connectivity index (χ0v) is 14.9. The Morgan fingerprint density at radius 3 is 2.68 bits per heavy atom. The van der Waals surface area contributed by atoms with Gasteiger partial charge in [0.25, 0.3) is 0 Å². The molecule has 4 heteroatoms. The third-order valence-electron chi connectivity index (χ3n) is 4.38. The summed E-state index contributed by atoms with van der Waals surface area (Å²) in [7, 11) is 1.87. The van der Waals surface area contributed by atoms with Gasteiger partial charge < -0.3 is 0 Å². The van der Waals surface area contributed by atoms with Crippen LogP contribution in [0.5, 0.6) is 0 Å². The SMILES string of the molecule is C/C=C(C)\C=C/c1ccc2ncc(-c3cnn(C)c3)cc2c(=O)c1C. The molecule has 126 valence electrons. The molecule has 0 atom stereocenters. The van der Waals surface area contributed by atoms with Gasteiger partial charge in [0, 0.05) is 41.5 Å². The first-order valence-corrected chi connectivity index (χ1v) is 8.23. The lowest BCUT2D eigenvalue weighted by Gasteiger charge is -1.98. The molecule has 0 aliphatic heterocycles. The van der Waals surface area contributed by atoms with Crippen molar-refractivity contribution in [1.29, 1.82) is 0 Å². The highest BCUT2D eigenvalue weighted by Crippen LogP contribution is 2.21. The van der Waals surface area contributed by atoms with Crippen molar-refractivity contribution in [2.75, 3.05) is 0 Å². The van der Waals surface area contributed by atoms with E-state index in [1.54, 1.807) is 17.1 Å². The summed E-state index contributed by atoms with van der Waals surface area (Å²) in [6.07, 6.45) is 11.5. The van der Waals surface area contributed by atoms with Crippen molar-refractivity contribution in [3.63, 3.8) is 0 Å². The van der Waals surface area contributed by atoms with Gasteiger partial charge in [0.2, 0.25) is 0 Å². The molecule has 0 N–H and O–H groups in total. The van der Waals surface area contributed by atoms with Crippen LogP contribution in [0.25, 0.3) is 28.1 Å². The molecule has 25 heavy (non-hydrogen) atoms. The predicted octanol–water partition coefficient (Wildman–Crippen LogP) is 4.28. The molecule has 0 unspecified atom stereocenters. The highest BCUT2D eigenvalue weighted by molar-refractivity contribution is 5.84. The molecule has 1 aromatic carbocycles. The maximum atomic E-state index is 12.9. The molecule has 0 aliphatic rings. The number of fused-ring (bicyclic) bond motifs is 1. The topological polar surface area (TPSA) is 47.8 Å². The normalized spacial score (nSPS) is 12.2. The van der Waals surface area contributed by atoms with Gasteiger partial charge in [-0.05, 0) is 38.5 Å². The van der Waals surface area contributed by atoms with Gasteiger partial charge in [-0.25, -0.2) is 0 Å². The van der Waals surface area contributed by atoms with Gasteiger partial charge in [-0.15, -0.1) is 0 Å². The van der Waals surface area contributed by atoms with E-state index in [2.05, 4.69) is 10.1 Å². The predicted molar refractivity (Wildman–Crippen MR) is 103 cm³/mol. The fraction of sp³-hybridized carbons (Fsp3) is 0.190. The fourth-order valence-corrected chi connectivity index (χ4v) is 2.64. The van der Waals surface area contributed by atoms with Crippen LogP contribution in [-0.2, 0) is 7.05 Å². The Kier molecular flexibility index (Phi) is 4.61. The number of rotatable bonds is 3. The molecule has 2 heterocycles. The summed E-state index contributed by atoms with van der Waals surface area (Å²) >= 11 is 0. The minimum Gasteiger partial charge on any atom is -0.289 e. The van der Waals surface area contributed by atoms with Gasteiger partial charge in [-0.3, -0.25) is 14.5 Å². The van der Waals surface area contributed by atoms with Crippen LogP contribution in [0, 0.1) is 6.92 Å². The summed E-state index contributed by atoms with van der Waals surface area (Å²) in [5.74, 6) is 0. The fourth-order valence-electron chi connectivity index (χ4n) is 2.64. The lowest BCUT2D eigenvalue weighted by molar-refractivity contribution is 0.768.